The van der Waals surface area contributed by atoms with Crippen LogP contribution in [0.2, 0.25) is 0 Å². The predicted molar refractivity (Wildman–Crippen MR) is 87.8 cm³/mol. The summed E-state index contributed by atoms with van der Waals surface area (Å²) >= 11 is 1.59. The van der Waals surface area contributed by atoms with Gasteiger partial charge < -0.3 is 9.84 Å². The third-order valence-electron chi connectivity index (χ3n) is 3.03. The minimum absolute atomic E-state index is 0.108. The van der Waals surface area contributed by atoms with Crippen molar-refractivity contribution in [2.24, 2.45) is 0 Å². The smallest absolute Gasteiger partial charge is 0.122 e. The fraction of sp³-hybridized carbons (Fsp3) is 0.333. The predicted octanol–water partition coefficient (Wildman–Crippen LogP) is 3.97. The van der Waals surface area contributed by atoms with Gasteiger partial charge in [-0.2, -0.15) is 0 Å². The molecule has 0 unspecified atom stereocenters. The van der Waals surface area contributed by atoms with Gasteiger partial charge in [0.2, 0.25) is 0 Å². The van der Waals surface area contributed by atoms with Crippen LogP contribution in [-0.2, 0) is 12.0 Å². The van der Waals surface area contributed by atoms with Crippen molar-refractivity contribution < 1.29 is 9.84 Å². The molecule has 0 fully saturated rings. The first-order valence-corrected chi connectivity index (χ1v) is 7.72. The standard InChI is InChI=1S/C18H20O2S/c1-18(2,3)14-6-4-7-15(12-14)20-13-17-10-9-16(21-17)8-5-11-19/h4,6-7,9-10,12,19H,11,13H2,1-3H3. The summed E-state index contributed by atoms with van der Waals surface area (Å²) in [6.07, 6.45) is 0. The molecule has 0 aliphatic carbocycles. The highest BCUT2D eigenvalue weighted by Gasteiger charge is 2.13. The normalized spacial score (nSPS) is 10.9. The summed E-state index contributed by atoms with van der Waals surface area (Å²) in [5.41, 5.74) is 1.38. The number of benzene rings is 1. The van der Waals surface area contributed by atoms with Gasteiger partial charge in [0, 0.05) is 4.88 Å². The molecule has 0 aliphatic heterocycles. The molecule has 0 spiro atoms. The summed E-state index contributed by atoms with van der Waals surface area (Å²) < 4.78 is 5.86. The molecule has 0 saturated heterocycles. The van der Waals surface area contributed by atoms with Gasteiger partial charge in [0.25, 0.3) is 0 Å². The van der Waals surface area contributed by atoms with E-state index in [2.05, 4.69) is 44.7 Å². The van der Waals surface area contributed by atoms with E-state index in [0.717, 1.165) is 15.5 Å². The summed E-state index contributed by atoms with van der Waals surface area (Å²) in [6, 6.07) is 12.2. The van der Waals surface area contributed by atoms with E-state index in [1.54, 1.807) is 11.3 Å². The minimum atomic E-state index is -0.108. The highest BCUT2D eigenvalue weighted by molar-refractivity contribution is 7.12. The van der Waals surface area contributed by atoms with Crippen LogP contribution in [-0.4, -0.2) is 11.7 Å². The van der Waals surface area contributed by atoms with E-state index in [9.17, 15) is 0 Å². The van der Waals surface area contributed by atoms with Crippen LogP contribution < -0.4 is 4.74 Å². The molecule has 1 aromatic carbocycles. The first kappa shape index (κ1) is 15.6. The molecule has 2 rings (SSSR count). The molecule has 0 radical (unpaired) electrons. The second kappa shape index (κ2) is 6.80. The Kier molecular flexibility index (Phi) is 5.06. The third kappa shape index (κ3) is 4.63. The fourth-order valence-electron chi connectivity index (χ4n) is 1.86. The Labute approximate surface area is 130 Å². The lowest BCUT2D eigenvalue weighted by molar-refractivity contribution is 0.309. The van der Waals surface area contributed by atoms with E-state index >= 15 is 0 Å². The van der Waals surface area contributed by atoms with Gasteiger partial charge in [-0.15, -0.1) is 11.3 Å². The zero-order chi connectivity index (χ0) is 15.3. The fourth-order valence-corrected chi connectivity index (χ4v) is 2.65. The summed E-state index contributed by atoms with van der Waals surface area (Å²) in [7, 11) is 0. The van der Waals surface area contributed by atoms with E-state index in [0.29, 0.717) is 6.61 Å². The molecule has 0 saturated carbocycles. The maximum Gasteiger partial charge on any atom is 0.122 e. The Balaban J connectivity index is 2.01. The van der Waals surface area contributed by atoms with Crippen molar-refractivity contribution in [3.63, 3.8) is 0 Å². The quantitative estimate of drug-likeness (QED) is 0.869. The Morgan fingerprint density at radius 3 is 2.71 bits per heavy atom. The molecule has 0 atom stereocenters. The van der Waals surface area contributed by atoms with Crippen LogP contribution in [0.25, 0.3) is 0 Å². The van der Waals surface area contributed by atoms with Gasteiger partial charge in [-0.3, -0.25) is 0 Å². The Morgan fingerprint density at radius 2 is 2.00 bits per heavy atom. The lowest BCUT2D eigenvalue weighted by Gasteiger charge is -2.19. The molecule has 21 heavy (non-hydrogen) atoms. The molecule has 2 aromatic rings. The van der Waals surface area contributed by atoms with Crippen LogP contribution in [0, 0.1) is 11.8 Å². The second-order valence-electron chi connectivity index (χ2n) is 5.79. The highest BCUT2D eigenvalue weighted by atomic mass is 32.1. The topological polar surface area (TPSA) is 29.5 Å². The monoisotopic (exact) mass is 300 g/mol. The molecular weight excluding hydrogens is 280 g/mol. The Hall–Kier alpha value is -1.76. The first-order chi connectivity index (χ1) is 9.99. The van der Waals surface area contributed by atoms with E-state index in [4.69, 9.17) is 9.84 Å². The molecule has 0 bridgehead atoms. The van der Waals surface area contributed by atoms with Crippen LogP contribution in [0.5, 0.6) is 5.75 Å². The van der Waals surface area contributed by atoms with Crippen molar-refractivity contribution in [2.45, 2.75) is 32.8 Å². The molecular formula is C18H20O2S. The van der Waals surface area contributed by atoms with Gasteiger partial charge in [0.1, 0.15) is 19.0 Å². The number of ether oxygens (including phenoxy) is 1. The second-order valence-corrected chi connectivity index (χ2v) is 6.96. The van der Waals surface area contributed by atoms with E-state index in [1.807, 2.05) is 24.3 Å². The van der Waals surface area contributed by atoms with Gasteiger partial charge in [0.05, 0.1) is 4.88 Å². The molecule has 2 nitrogen and oxygen atoms in total. The summed E-state index contributed by atoms with van der Waals surface area (Å²) in [6.45, 7) is 7.01. The molecule has 0 amide bonds. The Morgan fingerprint density at radius 1 is 1.19 bits per heavy atom. The van der Waals surface area contributed by atoms with Crippen molar-refractivity contribution >= 4 is 11.3 Å². The molecule has 3 heteroatoms. The maximum atomic E-state index is 8.68. The number of hydrogen-bond donors (Lipinski definition) is 1. The average molecular weight is 300 g/mol. The third-order valence-corrected chi connectivity index (χ3v) is 4.01. The number of aliphatic hydroxyl groups is 1. The maximum absolute atomic E-state index is 8.68. The van der Waals surface area contributed by atoms with Crippen molar-refractivity contribution in [3.8, 4) is 17.6 Å². The van der Waals surface area contributed by atoms with Crippen molar-refractivity contribution in [2.75, 3.05) is 6.61 Å². The lowest BCUT2D eigenvalue weighted by Crippen LogP contribution is -2.10. The van der Waals surface area contributed by atoms with Crippen molar-refractivity contribution in [1.82, 2.24) is 0 Å². The largest absolute Gasteiger partial charge is 0.488 e. The van der Waals surface area contributed by atoms with E-state index in [1.165, 1.54) is 5.56 Å². The van der Waals surface area contributed by atoms with E-state index < -0.39 is 0 Å². The van der Waals surface area contributed by atoms with E-state index in [-0.39, 0.29) is 12.0 Å². The summed E-state index contributed by atoms with van der Waals surface area (Å²) in [5, 5.41) is 8.68. The summed E-state index contributed by atoms with van der Waals surface area (Å²) in [5.74, 6) is 6.44. The van der Waals surface area contributed by atoms with Crippen molar-refractivity contribution in [3.05, 3.63) is 51.7 Å². The van der Waals surface area contributed by atoms with Crippen LogP contribution >= 0.6 is 11.3 Å². The van der Waals surface area contributed by atoms with Gasteiger partial charge in [-0.25, -0.2) is 0 Å². The van der Waals surface area contributed by atoms with Gasteiger partial charge in [-0.1, -0.05) is 44.7 Å². The van der Waals surface area contributed by atoms with Crippen LogP contribution in [0.3, 0.4) is 0 Å². The SMILES string of the molecule is CC(C)(C)c1cccc(OCc2ccc(C#CCO)s2)c1. The van der Waals surface area contributed by atoms with Crippen LogP contribution in [0.4, 0.5) is 0 Å². The zero-order valence-corrected chi connectivity index (χ0v) is 13.5. The van der Waals surface area contributed by atoms with Gasteiger partial charge in [-0.05, 0) is 35.2 Å². The van der Waals surface area contributed by atoms with Crippen LogP contribution in [0.15, 0.2) is 36.4 Å². The number of rotatable bonds is 3. The molecule has 1 N–H and O–H groups in total. The Bertz CT molecular complexity index is 654. The lowest BCUT2D eigenvalue weighted by atomic mass is 9.87. The zero-order valence-electron chi connectivity index (χ0n) is 12.6. The molecule has 1 aromatic heterocycles. The average Bonchev–Trinajstić information content (AvgIpc) is 2.90. The minimum Gasteiger partial charge on any atom is -0.488 e. The van der Waals surface area contributed by atoms with Crippen LogP contribution in [0.1, 0.15) is 36.1 Å². The highest BCUT2D eigenvalue weighted by Crippen LogP contribution is 2.26. The molecule has 1 heterocycles. The van der Waals surface area contributed by atoms with Gasteiger partial charge >= 0.3 is 0 Å². The molecule has 0 aliphatic rings. The van der Waals surface area contributed by atoms with Gasteiger partial charge in [0.15, 0.2) is 0 Å². The summed E-state index contributed by atoms with van der Waals surface area (Å²) in [4.78, 5) is 2.07. The first-order valence-electron chi connectivity index (χ1n) is 6.91. The number of aliphatic hydroxyl groups excluding tert-OH is 1. The number of thiophene rings is 1. The molecule has 110 valence electrons. The number of hydrogen-bond acceptors (Lipinski definition) is 3. The van der Waals surface area contributed by atoms with Crippen molar-refractivity contribution in [1.29, 1.82) is 0 Å².